The summed E-state index contributed by atoms with van der Waals surface area (Å²) in [6, 6.07) is 16.8. The Morgan fingerprint density at radius 2 is 1.79 bits per heavy atom. The average Bonchev–Trinajstić information content (AvgIpc) is 3.47. The molecule has 0 spiro atoms. The number of rotatable bonds is 8. The number of aromatic nitrogens is 3. The number of carbonyl (C=O) groups is 2. The lowest BCUT2D eigenvalue weighted by molar-refractivity contribution is -0.117. The number of nitrogens with zero attached hydrogens (tertiary/aromatic N) is 2. The second-order valence-electron chi connectivity index (χ2n) is 8.84. The topological polar surface area (TPSA) is 97.0 Å². The number of fused-ring (bicyclic) bond motifs is 1. The third-order valence-electron chi connectivity index (χ3n) is 6.27. The molecule has 2 atom stereocenters. The number of benzene rings is 2. The zero-order chi connectivity index (χ0) is 23.5. The number of aromatic amines is 1. The fourth-order valence-corrected chi connectivity index (χ4v) is 4.70. The van der Waals surface area contributed by atoms with Gasteiger partial charge in [0.1, 0.15) is 35.1 Å². The minimum atomic E-state index is -0.115. The van der Waals surface area contributed by atoms with E-state index in [9.17, 15) is 9.59 Å². The van der Waals surface area contributed by atoms with E-state index in [4.69, 9.17) is 4.74 Å². The molecule has 5 rings (SSSR count). The van der Waals surface area contributed by atoms with E-state index in [0.717, 1.165) is 25.0 Å². The fourth-order valence-electron chi connectivity index (χ4n) is 4.70. The minimum absolute atomic E-state index is 0.115. The first-order valence-corrected chi connectivity index (χ1v) is 11.5. The van der Waals surface area contributed by atoms with Crippen LogP contribution in [0.4, 0.5) is 5.82 Å². The van der Waals surface area contributed by atoms with Crippen molar-refractivity contribution in [1.82, 2.24) is 15.0 Å². The fraction of sp³-hybridized carbons (Fsp3) is 0.259. The summed E-state index contributed by atoms with van der Waals surface area (Å²) in [5.74, 6) is 2.56. The third kappa shape index (κ3) is 4.69. The van der Waals surface area contributed by atoms with E-state index < -0.39 is 0 Å². The van der Waals surface area contributed by atoms with Crippen molar-refractivity contribution in [3.05, 3.63) is 78.2 Å². The van der Waals surface area contributed by atoms with Gasteiger partial charge >= 0.3 is 0 Å². The second-order valence-corrected chi connectivity index (χ2v) is 8.84. The molecule has 7 nitrogen and oxygen atoms in total. The van der Waals surface area contributed by atoms with E-state index in [1.807, 2.05) is 30.3 Å². The van der Waals surface area contributed by atoms with Crippen molar-refractivity contribution in [2.45, 2.75) is 38.6 Å². The maximum absolute atomic E-state index is 13.4. The number of H-pyrrole nitrogens is 1. The number of nitrogens with one attached hydrogen (secondary N) is 2. The van der Waals surface area contributed by atoms with Crippen LogP contribution in [0.3, 0.4) is 0 Å². The highest BCUT2D eigenvalue weighted by Crippen LogP contribution is 2.33. The van der Waals surface area contributed by atoms with Gasteiger partial charge in [0.25, 0.3) is 0 Å². The van der Waals surface area contributed by atoms with Crippen molar-refractivity contribution in [3.63, 3.8) is 0 Å². The highest BCUT2D eigenvalue weighted by atomic mass is 16.5. The molecule has 2 aromatic carbocycles. The normalized spacial score (nSPS) is 17.6. The molecule has 172 valence electrons. The van der Waals surface area contributed by atoms with Gasteiger partial charge in [0.05, 0.1) is 10.9 Å². The highest BCUT2D eigenvalue weighted by Gasteiger charge is 2.27. The number of hydrogen-bond donors (Lipinski definition) is 2. The zero-order valence-electron chi connectivity index (χ0n) is 19.0. The van der Waals surface area contributed by atoms with Crippen molar-refractivity contribution in [1.29, 1.82) is 0 Å². The standard InChI is InChI=1S/C27H26N4O3/c1-17(32)13-18-7-10-20(14-18)31-27-24-23(15-28-26(24)29-16-30-27)25(33)19-8-11-22(12-9-19)34-21-5-3-2-4-6-21/h2-6,8-9,11-12,15-16,18,20H,7,10,13-14H2,1H3,(H2,28,29,30,31)/t18-,20+/m0/s1. The number of hydrogen-bond acceptors (Lipinski definition) is 6. The smallest absolute Gasteiger partial charge is 0.195 e. The lowest BCUT2D eigenvalue weighted by Crippen LogP contribution is -2.17. The first kappa shape index (κ1) is 21.8. The van der Waals surface area contributed by atoms with E-state index >= 15 is 0 Å². The molecule has 1 fully saturated rings. The maximum atomic E-state index is 13.4. The van der Waals surface area contributed by atoms with Crippen LogP contribution in [0.1, 0.15) is 48.5 Å². The third-order valence-corrected chi connectivity index (χ3v) is 6.27. The van der Waals surface area contributed by atoms with E-state index in [2.05, 4.69) is 20.3 Å². The van der Waals surface area contributed by atoms with Crippen molar-refractivity contribution >= 4 is 28.4 Å². The number of ketones is 2. The Morgan fingerprint density at radius 3 is 2.56 bits per heavy atom. The van der Waals surface area contributed by atoms with Gasteiger partial charge in [-0.05, 0) is 68.5 Å². The summed E-state index contributed by atoms with van der Waals surface area (Å²) in [5.41, 5.74) is 1.69. The van der Waals surface area contributed by atoms with Gasteiger partial charge in [0.15, 0.2) is 5.78 Å². The summed E-state index contributed by atoms with van der Waals surface area (Å²) < 4.78 is 5.83. The lowest BCUT2D eigenvalue weighted by Gasteiger charge is -2.15. The molecule has 2 aromatic heterocycles. The molecule has 34 heavy (non-hydrogen) atoms. The molecule has 0 saturated heterocycles. The number of para-hydroxylation sites is 1. The van der Waals surface area contributed by atoms with Crippen LogP contribution in [0, 0.1) is 5.92 Å². The monoisotopic (exact) mass is 454 g/mol. The van der Waals surface area contributed by atoms with E-state index in [0.29, 0.717) is 46.1 Å². The molecule has 0 aliphatic heterocycles. The Hall–Kier alpha value is -4.00. The summed E-state index contributed by atoms with van der Waals surface area (Å²) in [7, 11) is 0. The van der Waals surface area contributed by atoms with Crippen LogP contribution in [-0.2, 0) is 4.79 Å². The molecule has 0 amide bonds. The molecule has 1 aliphatic rings. The van der Waals surface area contributed by atoms with Crippen LogP contribution in [0.2, 0.25) is 0 Å². The molecule has 2 heterocycles. The van der Waals surface area contributed by atoms with Crippen molar-refractivity contribution in [2.75, 3.05) is 5.32 Å². The van der Waals surface area contributed by atoms with Crippen LogP contribution >= 0.6 is 0 Å². The van der Waals surface area contributed by atoms with Gasteiger partial charge in [-0.15, -0.1) is 0 Å². The Morgan fingerprint density at radius 1 is 1.03 bits per heavy atom. The van der Waals surface area contributed by atoms with E-state index in [-0.39, 0.29) is 17.6 Å². The quantitative estimate of drug-likeness (QED) is 0.339. The number of Topliss-reactive ketones (excluding diaryl/α,β-unsaturated/α-hetero) is 1. The van der Waals surface area contributed by atoms with Gasteiger partial charge in [-0.25, -0.2) is 9.97 Å². The molecule has 0 bridgehead atoms. The van der Waals surface area contributed by atoms with Gasteiger partial charge in [-0.2, -0.15) is 0 Å². The van der Waals surface area contributed by atoms with Crippen LogP contribution < -0.4 is 10.1 Å². The summed E-state index contributed by atoms with van der Waals surface area (Å²) in [6.07, 6.45) is 6.71. The van der Waals surface area contributed by atoms with Gasteiger partial charge in [0.2, 0.25) is 0 Å². The second kappa shape index (κ2) is 9.47. The van der Waals surface area contributed by atoms with Crippen LogP contribution in [-0.4, -0.2) is 32.6 Å². The summed E-state index contributed by atoms with van der Waals surface area (Å²) >= 11 is 0. The largest absolute Gasteiger partial charge is 0.457 e. The summed E-state index contributed by atoms with van der Waals surface area (Å²) in [4.78, 5) is 36.7. The Bertz CT molecular complexity index is 1310. The van der Waals surface area contributed by atoms with Gasteiger partial charge in [0, 0.05) is 24.2 Å². The van der Waals surface area contributed by atoms with Crippen LogP contribution in [0.25, 0.3) is 11.0 Å². The Labute approximate surface area is 197 Å². The predicted molar refractivity (Wildman–Crippen MR) is 130 cm³/mol. The van der Waals surface area contributed by atoms with E-state index in [1.165, 1.54) is 6.33 Å². The number of carbonyl (C=O) groups excluding carboxylic acids is 2. The molecular weight excluding hydrogens is 428 g/mol. The lowest BCUT2D eigenvalue weighted by atomic mass is 10.0. The molecule has 1 aliphatic carbocycles. The average molecular weight is 455 g/mol. The minimum Gasteiger partial charge on any atom is -0.457 e. The highest BCUT2D eigenvalue weighted by molar-refractivity contribution is 6.18. The first-order chi connectivity index (χ1) is 16.6. The SMILES string of the molecule is CC(=O)C[C@@H]1CC[C@@H](Nc2ncnc3[nH]cc(C(=O)c4ccc(Oc5ccccc5)cc4)c23)C1. The zero-order valence-corrected chi connectivity index (χ0v) is 19.0. The number of anilines is 1. The van der Waals surface area contributed by atoms with E-state index in [1.54, 1.807) is 37.4 Å². The Kier molecular flexibility index (Phi) is 6.08. The molecule has 1 saturated carbocycles. The molecule has 7 heteroatoms. The summed E-state index contributed by atoms with van der Waals surface area (Å²) in [5, 5.41) is 4.19. The van der Waals surface area contributed by atoms with Gasteiger partial charge in [-0.3, -0.25) is 4.79 Å². The number of ether oxygens (including phenoxy) is 1. The first-order valence-electron chi connectivity index (χ1n) is 11.5. The van der Waals surface area contributed by atoms with Gasteiger partial charge in [-0.1, -0.05) is 18.2 Å². The summed E-state index contributed by atoms with van der Waals surface area (Å²) in [6.45, 7) is 1.65. The molecule has 0 radical (unpaired) electrons. The van der Waals surface area contributed by atoms with Crippen molar-refractivity contribution in [2.24, 2.45) is 5.92 Å². The van der Waals surface area contributed by atoms with Crippen LogP contribution in [0.5, 0.6) is 11.5 Å². The molecular formula is C27H26N4O3. The van der Waals surface area contributed by atoms with Crippen LogP contribution in [0.15, 0.2) is 67.1 Å². The Balaban J connectivity index is 1.35. The van der Waals surface area contributed by atoms with Crippen molar-refractivity contribution < 1.29 is 14.3 Å². The predicted octanol–water partition coefficient (Wildman–Crippen LogP) is 5.54. The van der Waals surface area contributed by atoms with Gasteiger partial charge < -0.3 is 19.8 Å². The maximum Gasteiger partial charge on any atom is 0.195 e. The molecule has 4 aromatic rings. The molecule has 0 unspecified atom stereocenters. The van der Waals surface area contributed by atoms with Crippen molar-refractivity contribution in [3.8, 4) is 11.5 Å². The molecule has 2 N–H and O–H groups in total.